The molecule has 6 heteroatoms. The second-order valence-electron chi connectivity index (χ2n) is 18.9. The fourth-order valence-electron chi connectivity index (χ4n) is 8.48. The van der Waals surface area contributed by atoms with Gasteiger partial charge in [-0.3, -0.25) is 9.59 Å². The van der Waals surface area contributed by atoms with Crippen molar-refractivity contribution in [2.45, 2.75) is 309 Å². The number of esters is 1. The standard InChI is InChI=1S/C56H107NO5/c1-3-5-7-9-11-13-15-17-21-24-28-32-36-40-44-48-54(59)53(52-58)57-55(60)49-45-41-37-33-29-25-22-19-20-23-27-31-35-39-43-47-51-62-56(61)50-46-42-38-34-30-26-18-16-14-12-10-8-6-4-2/h10,12,16,18,53-54,58-59H,3-9,11,13-15,17,19-52H2,1-2H3,(H,57,60)/b12-10-,18-16-. The molecule has 2 atom stereocenters. The maximum Gasteiger partial charge on any atom is 0.305 e. The summed E-state index contributed by atoms with van der Waals surface area (Å²) >= 11 is 0. The molecule has 1 amide bonds. The summed E-state index contributed by atoms with van der Waals surface area (Å²) in [5.74, 6) is -0.0525. The first-order valence-electron chi connectivity index (χ1n) is 27.6. The van der Waals surface area contributed by atoms with E-state index in [4.69, 9.17) is 4.74 Å². The van der Waals surface area contributed by atoms with Gasteiger partial charge in [-0.2, -0.15) is 0 Å². The summed E-state index contributed by atoms with van der Waals surface area (Å²) in [6, 6.07) is -0.546. The van der Waals surface area contributed by atoms with Crippen molar-refractivity contribution in [3.8, 4) is 0 Å². The SMILES string of the molecule is CCCC/C=C\C/C=C\CCCCCCCC(=O)OCCCCCCCCCCCCCCCCCCC(=O)NC(CO)C(O)CCCCCCCCCCCCCCCCC. The largest absolute Gasteiger partial charge is 0.466 e. The van der Waals surface area contributed by atoms with Crippen LogP contribution in [0.1, 0.15) is 296 Å². The molecule has 3 N–H and O–H groups in total. The van der Waals surface area contributed by atoms with Gasteiger partial charge in [0.15, 0.2) is 0 Å². The van der Waals surface area contributed by atoms with E-state index in [2.05, 4.69) is 43.5 Å². The highest BCUT2D eigenvalue weighted by atomic mass is 16.5. The molecule has 0 aromatic carbocycles. The quantitative estimate of drug-likeness (QED) is 0.0321. The summed E-state index contributed by atoms with van der Waals surface area (Å²) in [6.45, 7) is 4.90. The van der Waals surface area contributed by atoms with Crippen molar-refractivity contribution in [1.82, 2.24) is 5.32 Å². The molecule has 0 saturated heterocycles. The van der Waals surface area contributed by atoms with Gasteiger partial charge in [0, 0.05) is 12.8 Å². The minimum absolute atomic E-state index is 0.0113. The summed E-state index contributed by atoms with van der Waals surface area (Å²) in [5.41, 5.74) is 0. The topological polar surface area (TPSA) is 95.9 Å². The maximum absolute atomic E-state index is 12.5. The lowest BCUT2D eigenvalue weighted by atomic mass is 10.0. The van der Waals surface area contributed by atoms with Crippen LogP contribution in [0.25, 0.3) is 0 Å². The molecule has 62 heavy (non-hydrogen) atoms. The summed E-state index contributed by atoms with van der Waals surface area (Å²) in [5, 5.41) is 23.3. The van der Waals surface area contributed by atoms with E-state index in [1.165, 1.54) is 205 Å². The van der Waals surface area contributed by atoms with Crippen LogP contribution >= 0.6 is 0 Å². The molecule has 0 rings (SSSR count). The van der Waals surface area contributed by atoms with Gasteiger partial charge in [0.2, 0.25) is 5.91 Å². The van der Waals surface area contributed by atoms with E-state index in [0.717, 1.165) is 57.8 Å². The van der Waals surface area contributed by atoms with Gasteiger partial charge in [-0.15, -0.1) is 0 Å². The third-order valence-corrected chi connectivity index (χ3v) is 12.8. The predicted molar refractivity (Wildman–Crippen MR) is 269 cm³/mol. The Kier molecular flexibility index (Phi) is 50.6. The molecule has 0 aromatic heterocycles. The number of allylic oxidation sites excluding steroid dienone is 4. The maximum atomic E-state index is 12.5. The van der Waals surface area contributed by atoms with Gasteiger partial charge in [-0.05, 0) is 51.4 Å². The molecular weight excluding hydrogens is 767 g/mol. The number of aliphatic hydroxyl groups is 2. The van der Waals surface area contributed by atoms with Crippen LogP contribution in [0, 0.1) is 0 Å². The Balaban J connectivity index is 3.43. The zero-order valence-corrected chi connectivity index (χ0v) is 41.6. The van der Waals surface area contributed by atoms with E-state index in [-0.39, 0.29) is 18.5 Å². The molecule has 6 nitrogen and oxygen atoms in total. The molecule has 0 radical (unpaired) electrons. The van der Waals surface area contributed by atoms with E-state index in [1.807, 2.05) is 0 Å². The summed E-state index contributed by atoms with van der Waals surface area (Å²) < 4.78 is 5.46. The lowest BCUT2D eigenvalue weighted by molar-refractivity contribution is -0.143. The van der Waals surface area contributed by atoms with Gasteiger partial charge < -0.3 is 20.3 Å². The van der Waals surface area contributed by atoms with Gasteiger partial charge in [0.25, 0.3) is 0 Å². The van der Waals surface area contributed by atoms with Crippen molar-refractivity contribution < 1.29 is 24.5 Å². The number of hydrogen-bond acceptors (Lipinski definition) is 5. The first kappa shape index (κ1) is 60.3. The smallest absolute Gasteiger partial charge is 0.305 e. The van der Waals surface area contributed by atoms with Crippen molar-refractivity contribution in [2.24, 2.45) is 0 Å². The van der Waals surface area contributed by atoms with Crippen LogP contribution < -0.4 is 5.32 Å². The Morgan fingerprint density at radius 1 is 0.452 bits per heavy atom. The summed E-state index contributed by atoms with van der Waals surface area (Å²) in [6.07, 6.45) is 61.5. The third-order valence-electron chi connectivity index (χ3n) is 12.8. The van der Waals surface area contributed by atoms with Crippen LogP contribution in [0.3, 0.4) is 0 Å². The fraction of sp³-hybridized carbons (Fsp3) is 0.893. The molecule has 0 aliphatic heterocycles. The van der Waals surface area contributed by atoms with Gasteiger partial charge in [0.1, 0.15) is 0 Å². The Bertz CT molecular complexity index is 966. The number of carbonyl (C=O) groups excluding carboxylic acids is 2. The van der Waals surface area contributed by atoms with E-state index < -0.39 is 12.1 Å². The zero-order chi connectivity index (χ0) is 45.1. The van der Waals surface area contributed by atoms with Crippen molar-refractivity contribution in [3.63, 3.8) is 0 Å². The Hall–Kier alpha value is -1.66. The fourth-order valence-corrected chi connectivity index (χ4v) is 8.48. The summed E-state index contributed by atoms with van der Waals surface area (Å²) in [4.78, 5) is 24.5. The van der Waals surface area contributed by atoms with Crippen LogP contribution in [-0.2, 0) is 14.3 Å². The Labute approximate surface area is 386 Å². The van der Waals surface area contributed by atoms with E-state index in [0.29, 0.717) is 25.9 Å². The van der Waals surface area contributed by atoms with E-state index in [9.17, 15) is 19.8 Å². The second-order valence-corrected chi connectivity index (χ2v) is 18.9. The van der Waals surface area contributed by atoms with E-state index in [1.54, 1.807) is 0 Å². The number of ether oxygens (including phenoxy) is 1. The predicted octanol–water partition coefficient (Wildman–Crippen LogP) is 16.7. The monoisotopic (exact) mass is 874 g/mol. The van der Waals surface area contributed by atoms with Crippen LogP contribution in [-0.4, -0.2) is 47.4 Å². The number of nitrogens with one attached hydrogen (secondary N) is 1. The number of amides is 1. The lowest BCUT2D eigenvalue weighted by Gasteiger charge is -2.22. The highest BCUT2D eigenvalue weighted by Crippen LogP contribution is 2.17. The van der Waals surface area contributed by atoms with Gasteiger partial charge in [-0.25, -0.2) is 0 Å². The normalized spacial score (nSPS) is 12.8. The molecule has 0 heterocycles. The molecule has 0 aliphatic rings. The number of rotatable bonds is 51. The van der Waals surface area contributed by atoms with Crippen LogP contribution in [0.15, 0.2) is 24.3 Å². The number of aliphatic hydroxyl groups excluding tert-OH is 2. The minimum atomic E-state index is -0.669. The second kappa shape index (κ2) is 52.0. The van der Waals surface area contributed by atoms with Gasteiger partial charge in [0.05, 0.1) is 25.4 Å². The Morgan fingerprint density at radius 2 is 0.823 bits per heavy atom. The molecule has 0 saturated carbocycles. The molecule has 0 aliphatic carbocycles. The molecular formula is C56H107NO5. The van der Waals surface area contributed by atoms with E-state index >= 15 is 0 Å². The van der Waals surface area contributed by atoms with Crippen molar-refractivity contribution in [1.29, 1.82) is 0 Å². The number of carbonyl (C=O) groups is 2. The highest BCUT2D eigenvalue weighted by molar-refractivity contribution is 5.76. The zero-order valence-electron chi connectivity index (χ0n) is 41.6. The highest BCUT2D eigenvalue weighted by Gasteiger charge is 2.20. The first-order valence-corrected chi connectivity index (χ1v) is 27.6. The Morgan fingerprint density at radius 3 is 1.27 bits per heavy atom. The van der Waals surface area contributed by atoms with Crippen LogP contribution in [0.2, 0.25) is 0 Å². The molecule has 2 unspecified atom stereocenters. The summed E-state index contributed by atoms with van der Waals surface area (Å²) in [7, 11) is 0. The van der Waals surface area contributed by atoms with Crippen molar-refractivity contribution >= 4 is 11.9 Å². The molecule has 0 spiro atoms. The average Bonchev–Trinajstić information content (AvgIpc) is 3.27. The van der Waals surface area contributed by atoms with Gasteiger partial charge in [-0.1, -0.05) is 256 Å². The average molecular weight is 874 g/mol. The molecule has 0 fully saturated rings. The van der Waals surface area contributed by atoms with Crippen molar-refractivity contribution in [2.75, 3.05) is 13.2 Å². The van der Waals surface area contributed by atoms with Crippen LogP contribution in [0.5, 0.6) is 0 Å². The molecule has 0 aromatic rings. The first-order chi connectivity index (χ1) is 30.5. The van der Waals surface area contributed by atoms with Gasteiger partial charge >= 0.3 is 5.97 Å². The lowest BCUT2D eigenvalue weighted by Crippen LogP contribution is -2.45. The number of hydrogen-bond donors (Lipinski definition) is 3. The number of unbranched alkanes of at least 4 members (excludes halogenated alkanes) is 36. The third kappa shape index (κ3) is 47.8. The van der Waals surface area contributed by atoms with Crippen LogP contribution in [0.4, 0.5) is 0 Å². The molecule has 0 bridgehead atoms. The van der Waals surface area contributed by atoms with Crippen molar-refractivity contribution in [3.05, 3.63) is 24.3 Å². The minimum Gasteiger partial charge on any atom is -0.466 e. The molecule has 366 valence electrons.